The predicted octanol–water partition coefficient (Wildman–Crippen LogP) is 3.56. The Bertz CT molecular complexity index is 516. The minimum absolute atomic E-state index is 0.228. The molecule has 106 valence electrons. The highest BCUT2D eigenvalue weighted by atomic mass is 79.9. The average molecular weight is 354 g/mol. The van der Waals surface area contributed by atoms with Crippen LogP contribution in [0.1, 0.15) is 0 Å². The molecule has 1 unspecified atom stereocenters. The minimum atomic E-state index is -0.549. The van der Waals surface area contributed by atoms with E-state index < -0.39 is 6.10 Å². The standard InChI is InChI=1S/C15H16BrNO2S/c16-12-5-1-4-8-15(12)20-10-11(18)9-19-14-7-3-2-6-13(14)17/h1-8,11,18H,9-10,17H2. The Kier molecular flexibility index (Phi) is 5.76. The molecular formula is C15H16BrNO2S. The zero-order valence-electron chi connectivity index (χ0n) is 10.8. The third kappa shape index (κ3) is 4.44. The van der Waals surface area contributed by atoms with Crippen molar-refractivity contribution in [3.05, 3.63) is 53.0 Å². The fraction of sp³-hybridized carbons (Fsp3) is 0.200. The zero-order chi connectivity index (χ0) is 14.4. The summed E-state index contributed by atoms with van der Waals surface area (Å²) in [5.41, 5.74) is 6.36. The van der Waals surface area contributed by atoms with Crippen molar-refractivity contribution < 1.29 is 9.84 Å². The van der Waals surface area contributed by atoms with Crippen LogP contribution < -0.4 is 10.5 Å². The summed E-state index contributed by atoms with van der Waals surface area (Å²) in [6, 6.07) is 15.2. The average Bonchev–Trinajstić information content (AvgIpc) is 2.45. The monoisotopic (exact) mass is 353 g/mol. The van der Waals surface area contributed by atoms with Crippen LogP contribution in [0.25, 0.3) is 0 Å². The molecule has 0 radical (unpaired) electrons. The number of rotatable bonds is 6. The highest BCUT2D eigenvalue weighted by Crippen LogP contribution is 2.27. The van der Waals surface area contributed by atoms with E-state index in [1.165, 1.54) is 0 Å². The molecule has 0 saturated carbocycles. The normalized spacial score (nSPS) is 12.1. The number of halogens is 1. The first kappa shape index (κ1) is 15.2. The lowest BCUT2D eigenvalue weighted by atomic mass is 10.3. The number of para-hydroxylation sites is 2. The van der Waals surface area contributed by atoms with Gasteiger partial charge in [0.2, 0.25) is 0 Å². The molecular weight excluding hydrogens is 338 g/mol. The van der Waals surface area contributed by atoms with E-state index in [4.69, 9.17) is 10.5 Å². The number of anilines is 1. The number of hydrogen-bond donors (Lipinski definition) is 2. The molecule has 2 aromatic rings. The van der Waals surface area contributed by atoms with Gasteiger partial charge in [0.15, 0.2) is 0 Å². The second-order valence-corrected chi connectivity index (χ2v) is 6.16. The molecule has 0 fully saturated rings. The van der Waals surface area contributed by atoms with Crippen LogP contribution in [0.2, 0.25) is 0 Å². The Morgan fingerprint density at radius 1 is 1.15 bits per heavy atom. The maximum atomic E-state index is 9.95. The number of benzene rings is 2. The summed E-state index contributed by atoms with van der Waals surface area (Å²) in [6.45, 7) is 0.228. The molecule has 0 saturated heterocycles. The third-order valence-corrected chi connectivity index (χ3v) is 4.79. The zero-order valence-corrected chi connectivity index (χ0v) is 13.2. The van der Waals surface area contributed by atoms with Gasteiger partial charge in [0.25, 0.3) is 0 Å². The van der Waals surface area contributed by atoms with E-state index in [2.05, 4.69) is 15.9 Å². The van der Waals surface area contributed by atoms with E-state index in [-0.39, 0.29) is 6.61 Å². The van der Waals surface area contributed by atoms with Gasteiger partial charge in [-0.2, -0.15) is 0 Å². The van der Waals surface area contributed by atoms with Gasteiger partial charge >= 0.3 is 0 Å². The predicted molar refractivity (Wildman–Crippen MR) is 87.2 cm³/mol. The summed E-state index contributed by atoms with van der Waals surface area (Å²) in [6.07, 6.45) is -0.549. The molecule has 3 nitrogen and oxygen atoms in total. The van der Waals surface area contributed by atoms with Crippen molar-refractivity contribution in [2.75, 3.05) is 18.1 Å². The van der Waals surface area contributed by atoms with Crippen LogP contribution in [0.3, 0.4) is 0 Å². The molecule has 0 bridgehead atoms. The second-order valence-electron chi connectivity index (χ2n) is 4.24. The van der Waals surface area contributed by atoms with Crippen molar-refractivity contribution >= 4 is 33.4 Å². The van der Waals surface area contributed by atoms with Crippen LogP contribution in [-0.2, 0) is 0 Å². The first-order valence-electron chi connectivity index (χ1n) is 6.19. The lowest BCUT2D eigenvalue weighted by molar-refractivity contribution is 0.127. The van der Waals surface area contributed by atoms with Crippen LogP contribution in [0.15, 0.2) is 57.9 Å². The van der Waals surface area contributed by atoms with E-state index in [1.807, 2.05) is 36.4 Å². The molecule has 1 atom stereocenters. The van der Waals surface area contributed by atoms with Crippen molar-refractivity contribution in [3.8, 4) is 5.75 Å². The fourth-order valence-electron chi connectivity index (χ4n) is 1.59. The Hall–Kier alpha value is -1.17. The molecule has 2 rings (SSSR count). The number of hydrogen-bond acceptors (Lipinski definition) is 4. The van der Waals surface area contributed by atoms with Crippen molar-refractivity contribution in [1.29, 1.82) is 0 Å². The number of ether oxygens (including phenoxy) is 1. The molecule has 3 N–H and O–H groups in total. The molecule has 0 aromatic heterocycles. The van der Waals surface area contributed by atoms with Crippen molar-refractivity contribution in [3.63, 3.8) is 0 Å². The molecule has 5 heteroatoms. The van der Waals surface area contributed by atoms with Gasteiger partial charge in [-0.3, -0.25) is 0 Å². The summed E-state index contributed by atoms with van der Waals surface area (Å²) in [4.78, 5) is 1.10. The van der Waals surface area contributed by atoms with E-state index in [1.54, 1.807) is 23.9 Å². The summed E-state index contributed by atoms with van der Waals surface area (Å²) in [7, 11) is 0. The summed E-state index contributed by atoms with van der Waals surface area (Å²) in [5.74, 6) is 1.17. The molecule has 0 spiro atoms. The Morgan fingerprint density at radius 2 is 1.85 bits per heavy atom. The second kappa shape index (κ2) is 7.57. The lowest BCUT2D eigenvalue weighted by Crippen LogP contribution is -2.20. The van der Waals surface area contributed by atoms with E-state index in [0.29, 0.717) is 17.2 Å². The van der Waals surface area contributed by atoms with Crippen molar-refractivity contribution in [2.45, 2.75) is 11.0 Å². The van der Waals surface area contributed by atoms with Gasteiger partial charge in [0.05, 0.1) is 11.8 Å². The molecule has 0 aliphatic heterocycles. The number of nitrogen functional groups attached to an aromatic ring is 1. The van der Waals surface area contributed by atoms with Crippen LogP contribution in [0.5, 0.6) is 5.75 Å². The summed E-state index contributed by atoms with van der Waals surface area (Å²) in [5, 5.41) is 9.95. The summed E-state index contributed by atoms with van der Waals surface area (Å²) < 4.78 is 6.55. The van der Waals surface area contributed by atoms with Gasteiger partial charge in [-0.05, 0) is 40.2 Å². The quantitative estimate of drug-likeness (QED) is 0.615. The van der Waals surface area contributed by atoms with Crippen LogP contribution in [0.4, 0.5) is 5.69 Å². The SMILES string of the molecule is Nc1ccccc1OCC(O)CSc1ccccc1Br. The van der Waals surface area contributed by atoms with Gasteiger partial charge in [0, 0.05) is 15.1 Å². The highest BCUT2D eigenvalue weighted by molar-refractivity contribution is 9.10. The minimum Gasteiger partial charge on any atom is -0.489 e. The molecule has 20 heavy (non-hydrogen) atoms. The van der Waals surface area contributed by atoms with Crippen molar-refractivity contribution in [2.24, 2.45) is 0 Å². The first-order valence-corrected chi connectivity index (χ1v) is 7.97. The van der Waals surface area contributed by atoms with Gasteiger partial charge in [-0.15, -0.1) is 11.8 Å². The van der Waals surface area contributed by atoms with Crippen LogP contribution in [-0.4, -0.2) is 23.6 Å². The maximum Gasteiger partial charge on any atom is 0.142 e. The highest BCUT2D eigenvalue weighted by Gasteiger charge is 2.09. The number of thioether (sulfide) groups is 1. The first-order chi connectivity index (χ1) is 9.66. The largest absolute Gasteiger partial charge is 0.489 e. The van der Waals surface area contributed by atoms with Crippen molar-refractivity contribution in [1.82, 2.24) is 0 Å². The number of aliphatic hydroxyl groups excluding tert-OH is 1. The molecule has 0 amide bonds. The molecule has 0 aliphatic carbocycles. The molecule has 2 aromatic carbocycles. The number of aliphatic hydroxyl groups is 1. The third-order valence-electron chi connectivity index (χ3n) is 2.62. The Balaban J connectivity index is 1.80. The smallest absolute Gasteiger partial charge is 0.142 e. The van der Waals surface area contributed by atoms with Gasteiger partial charge in [0.1, 0.15) is 12.4 Å². The number of nitrogens with two attached hydrogens (primary N) is 1. The lowest BCUT2D eigenvalue weighted by Gasteiger charge is -2.13. The topological polar surface area (TPSA) is 55.5 Å². The van der Waals surface area contributed by atoms with Gasteiger partial charge < -0.3 is 15.6 Å². The van der Waals surface area contributed by atoms with Gasteiger partial charge in [-0.25, -0.2) is 0 Å². The molecule has 0 aliphatic rings. The van der Waals surface area contributed by atoms with Crippen LogP contribution >= 0.6 is 27.7 Å². The Labute approximate surface area is 131 Å². The van der Waals surface area contributed by atoms with Gasteiger partial charge in [-0.1, -0.05) is 24.3 Å². The summed E-state index contributed by atoms with van der Waals surface area (Å²) >= 11 is 5.07. The van der Waals surface area contributed by atoms with Crippen LogP contribution in [0, 0.1) is 0 Å². The van der Waals surface area contributed by atoms with E-state index >= 15 is 0 Å². The van der Waals surface area contributed by atoms with E-state index in [0.717, 1.165) is 9.37 Å². The maximum absolute atomic E-state index is 9.95. The molecule has 0 heterocycles. The Morgan fingerprint density at radius 3 is 2.60 bits per heavy atom. The fourth-order valence-corrected chi connectivity index (χ4v) is 3.07. The van der Waals surface area contributed by atoms with E-state index in [9.17, 15) is 5.11 Å².